The molecule has 0 unspecified atom stereocenters. The largest absolute Gasteiger partial charge is 0.349 e. The van der Waals surface area contributed by atoms with E-state index in [0.29, 0.717) is 10.2 Å². The van der Waals surface area contributed by atoms with Crippen molar-refractivity contribution in [2.24, 2.45) is 7.05 Å². The third-order valence-corrected chi connectivity index (χ3v) is 5.67. The highest BCUT2D eigenvalue weighted by atomic mass is 35.5. The minimum atomic E-state index is -0.158. The number of nitrogens with one attached hydrogen (secondary N) is 1. The molecule has 3 aromatic rings. The molecule has 1 atom stereocenters. The van der Waals surface area contributed by atoms with Crippen molar-refractivity contribution in [3.8, 4) is 11.4 Å². The standard InChI is InChI=1S/C20H21ClN4OS/c1-13-8-4-5-9-15(13)19-23-24-20(25(19)3)27-12-18(26)22-14(2)16-10-6-7-11-17(16)21/h4-11,14H,12H2,1-3H3,(H,22,26)/t14-/m1/s1. The van der Waals surface area contributed by atoms with Crippen molar-refractivity contribution < 1.29 is 4.79 Å². The molecule has 0 radical (unpaired) electrons. The molecule has 0 bridgehead atoms. The van der Waals surface area contributed by atoms with E-state index in [4.69, 9.17) is 11.6 Å². The lowest BCUT2D eigenvalue weighted by Crippen LogP contribution is -2.28. The van der Waals surface area contributed by atoms with Crippen LogP contribution in [0.15, 0.2) is 53.7 Å². The number of halogens is 1. The Kier molecular flexibility index (Phi) is 6.19. The van der Waals surface area contributed by atoms with Crippen molar-refractivity contribution in [1.29, 1.82) is 0 Å². The first-order valence-corrected chi connectivity index (χ1v) is 9.95. The summed E-state index contributed by atoms with van der Waals surface area (Å²) in [5.74, 6) is 0.974. The molecule has 0 saturated carbocycles. The predicted octanol–water partition coefficient (Wildman–Crippen LogP) is 4.41. The Morgan fingerprint density at radius 3 is 2.63 bits per heavy atom. The van der Waals surface area contributed by atoms with E-state index in [0.717, 1.165) is 22.5 Å². The number of nitrogens with zero attached hydrogens (tertiary/aromatic N) is 3. The van der Waals surface area contributed by atoms with Gasteiger partial charge in [-0.2, -0.15) is 0 Å². The zero-order valence-electron chi connectivity index (χ0n) is 15.4. The Hall–Kier alpha value is -2.31. The van der Waals surface area contributed by atoms with Crippen molar-refractivity contribution in [2.45, 2.75) is 25.0 Å². The Morgan fingerprint density at radius 2 is 1.89 bits per heavy atom. The zero-order valence-corrected chi connectivity index (χ0v) is 17.0. The van der Waals surface area contributed by atoms with E-state index in [1.807, 2.05) is 74.0 Å². The highest BCUT2D eigenvalue weighted by Crippen LogP contribution is 2.25. The van der Waals surface area contributed by atoms with Gasteiger partial charge in [-0.3, -0.25) is 4.79 Å². The van der Waals surface area contributed by atoms with Gasteiger partial charge in [-0.15, -0.1) is 10.2 Å². The average Bonchev–Trinajstić information content (AvgIpc) is 3.01. The van der Waals surface area contributed by atoms with Crippen LogP contribution >= 0.6 is 23.4 Å². The zero-order chi connectivity index (χ0) is 19.4. The molecule has 140 valence electrons. The van der Waals surface area contributed by atoms with Crippen LogP contribution in [0, 0.1) is 6.92 Å². The first kappa shape index (κ1) is 19.5. The molecule has 0 saturated heterocycles. The molecule has 0 spiro atoms. The number of hydrogen-bond donors (Lipinski definition) is 1. The number of aryl methyl sites for hydroxylation is 1. The molecule has 7 heteroatoms. The molecule has 1 heterocycles. The van der Waals surface area contributed by atoms with Gasteiger partial charge in [0.25, 0.3) is 0 Å². The topological polar surface area (TPSA) is 59.8 Å². The van der Waals surface area contributed by atoms with E-state index in [1.165, 1.54) is 11.8 Å². The van der Waals surface area contributed by atoms with E-state index in [-0.39, 0.29) is 17.7 Å². The van der Waals surface area contributed by atoms with Crippen LogP contribution in [0.2, 0.25) is 5.02 Å². The summed E-state index contributed by atoms with van der Waals surface area (Å²) in [6, 6.07) is 15.4. The van der Waals surface area contributed by atoms with Gasteiger partial charge in [0, 0.05) is 17.6 Å². The first-order valence-electron chi connectivity index (χ1n) is 8.59. The van der Waals surface area contributed by atoms with E-state index in [9.17, 15) is 4.79 Å². The lowest BCUT2D eigenvalue weighted by Gasteiger charge is -2.15. The summed E-state index contributed by atoms with van der Waals surface area (Å²) < 4.78 is 1.91. The van der Waals surface area contributed by atoms with E-state index in [1.54, 1.807) is 0 Å². The Labute approximate surface area is 168 Å². The molecule has 0 aliphatic heterocycles. The third-order valence-electron chi connectivity index (χ3n) is 4.30. The second-order valence-corrected chi connectivity index (χ2v) is 7.63. The minimum absolute atomic E-state index is 0.0761. The van der Waals surface area contributed by atoms with Gasteiger partial charge in [0.15, 0.2) is 11.0 Å². The van der Waals surface area contributed by atoms with E-state index >= 15 is 0 Å². The monoisotopic (exact) mass is 400 g/mol. The summed E-state index contributed by atoms with van der Waals surface area (Å²) >= 11 is 7.55. The Balaban J connectivity index is 1.63. The van der Waals surface area contributed by atoms with Crippen LogP contribution in [0.1, 0.15) is 24.1 Å². The second kappa shape index (κ2) is 8.59. The van der Waals surface area contributed by atoms with E-state index < -0.39 is 0 Å². The van der Waals surface area contributed by atoms with Crippen LogP contribution in [-0.4, -0.2) is 26.4 Å². The Bertz CT molecular complexity index is 957. The molecule has 0 aliphatic rings. The van der Waals surface area contributed by atoms with Gasteiger partial charge in [0.2, 0.25) is 5.91 Å². The second-order valence-electron chi connectivity index (χ2n) is 6.28. The highest BCUT2D eigenvalue weighted by Gasteiger charge is 2.16. The molecule has 27 heavy (non-hydrogen) atoms. The summed E-state index contributed by atoms with van der Waals surface area (Å²) in [7, 11) is 1.91. The molecule has 1 N–H and O–H groups in total. The van der Waals surface area contributed by atoms with Crippen LogP contribution in [-0.2, 0) is 11.8 Å². The first-order chi connectivity index (χ1) is 13.0. The highest BCUT2D eigenvalue weighted by molar-refractivity contribution is 7.99. The van der Waals surface area contributed by atoms with Crippen molar-refractivity contribution in [3.63, 3.8) is 0 Å². The molecule has 3 rings (SSSR count). The number of carbonyl (C=O) groups is 1. The SMILES string of the molecule is Cc1ccccc1-c1nnc(SCC(=O)N[C@H](C)c2ccccc2Cl)n1C. The minimum Gasteiger partial charge on any atom is -0.349 e. The number of thioether (sulfide) groups is 1. The number of rotatable bonds is 6. The van der Waals surface area contributed by atoms with Crippen molar-refractivity contribution >= 4 is 29.3 Å². The van der Waals surface area contributed by atoms with Gasteiger partial charge in [-0.1, -0.05) is 65.8 Å². The van der Waals surface area contributed by atoms with Crippen LogP contribution < -0.4 is 5.32 Å². The Morgan fingerprint density at radius 1 is 1.19 bits per heavy atom. The van der Waals surface area contributed by atoms with Gasteiger partial charge in [0.05, 0.1) is 11.8 Å². The fraction of sp³-hybridized carbons (Fsp3) is 0.250. The fourth-order valence-corrected chi connectivity index (χ4v) is 3.84. The molecular weight excluding hydrogens is 380 g/mol. The maximum absolute atomic E-state index is 12.3. The van der Waals surface area contributed by atoms with E-state index in [2.05, 4.69) is 15.5 Å². The van der Waals surface area contributed by atoms with Gasteiger partial charge in [-0.25, -0.2) is 0 Å². The van der Waals surface area contributed by atoms with Crippen LogP contribution in [0.3, 0.4) is 0 Å². The molecule has 1 aromatic heterocycles. The quantitative estimate of drug-likeness (QED) is 0.622. The molecule has 2 aromatic carbocycles. The summed E-state index contributed by atoms with van der Waals surface area (Å²) in [5, 5.41) is 12.8. The van der Waals surface area contributed by atoms with Gasteiger partial charge in [-0.05, 0) is 31.0 Å². The summed E-state index contributed by atoms with van der Waals surface area (Å²) in [6.07, 6.45) is 0. The maximum atomic E-state index is 12.3. The molecule has 5 nitrogen and oxygen atoms in total. The van der Waals surface area contributed by atoms with Crippen molar-refractivity contribution in [3.05, 3.63) is 64.7 Å². The van der Waals surface area contributed by atoms with Crippen LogP contribution in [0.4, 0.5) is 0 Å². The molecule has 0 aliphatic carbocycles. The van der Waals surface area contributed by atoms with Crippen molar-refractivity contribution in [2.75, 3.05) is 5.75 Å². The molecule has 1 amide bonds. The van der Waals surface area contributed by atoms with Crippen LogP contribution in [0.5, 0.6) is 0 Å². The fourth-order valence-electron chi connectivity index (χ4n) is 2.82. The number of benzene rings is 2. The summed E-state index contributed by atoms with van der Waals surface area (Å²) in [5.41, 5.74) is 3.07. The smallest absolute Gasteiger partial charge is 0.230 e. The number of carbonyl (C=O) groups excluding carboxylic acids is 1. The van der Waals surface area contributed by atoms with Gasteiger partial charge < -0.3 is 9.88 Å². The lowest BCUT2D eigenvalue weighted by molar-refractivity contribution is -0.119. The molecular formula is C20H21ClN4OS. The lowest BCUT2D eigenvalue weighted by atomic mass is 10.1. The maximum Gasteiger partial charge on any atom is 0.230 e. The third kappa shape index (κ3) is 4.51. The van der Waals surface area contributed by atoms with Crippen LogP contribution in [0.25, 0.3) is 11.4 Å². The number of amides is 1. The molecule has 0 fully saturated rings. The van der Waals surface area contributed by atoms with Gasteiger partial charge in [0.1, 0.15) is 0 Å². The van der Waals surface area contributed by atoms with Gasteiger partial charge >= 0.3 is 0 Å². The summed E-state index contributed by atoms with van der Waals surface area (Å²) in [4.78, 5) is 12.3. The van der Waals surface area contributed by atoms with Crippen molar-refractivity contribution in [1.82, 2.24) is 20.1 Å². The average molecular weight is 401 g/mol. The summed E-state index contributed by atoms with van der Waals surface area (Å²) in [6.45, 7) is 3.96. The normalized spacial score (nSPS) is 12.0. The number of hydrogen-bond acceptors (Lipinski definition) is 4. The predicted molar refractivity (Wildman–Crippen MR) is 110 cm³/mol. The number of aromatic nitrogens is 3.